The van der Waals surface area contributed by atoms with Crippen LogP contribution in [0, 0.1) is 5.82 Å². The second-order valence-corrected chi connectivity index (χ2v) is 5.60. The molecule has 0 N–H and O–H groups in total. The zero-order valence-electron chi connectivity index (χ0n) is 13.6. The second-order valence-electron chi connectivity index (χ2n) is 5.60. The molecular formula is C17H17FN2O5. The molecule has 0 radical (unpaired) electrons. The Morgan fingerprint density at radius 3 is 3.04 bits per heavy atom. The summed E-state index contributed by atoms with van der Waals surface area (Å²) in [5.74, 6) is -1.10. The molecule has 3 rings (SSSR count). The lowest BCUT2D eigenvalue weighted by molar-refractivity contribution is 0.0488. The molecule has 1 fully saturated rings. The lowest BCUT2D eigenvalue weighted by Gasteiger charge is -2.32. The van der Waals surface area contributed by atoms with Crippen molar-refractivity contribution in [2.75, 3.05) is 20.2 Å². The number of methoxy groups -OCH3 is 1. The highest BCUT2D eigenvalue weighted by Crippen LogP contribution is 2.20. The predicted molar refractivity (Wildman–Crippen MR) is 85.3 cm³/mol. The Hall–Kier alpha value is -2.90. The first-order valence-corrected chi connectivity index (χ1v) is 7.81. The van der Waals surface area contributed by atoms with Gasteiger partial charge in [-0.25, -0.2) is 9.37 Å². The van der Waals surface area contributed by atoms with Gasteiger partial charge in [0.15, 0.2) is 11.6 Å². The van der Waals surface area contributed by atoms with Gasteiger partial charge in [-0.1, -0.05) is 0 Å². The van der Waals surface area contributed by atoms with Crippen LogP contribution in [0.1, 0.15) is 23.4 Å². The van der Waals surface area contributed by atoms with E-state index >= 15 is 0 Å². The fourth-order valence-corrected chi connectivity index (χ4v) is 2.65. The standard InChI is InChI=1S/C17H17FN2O5/c1-23-15-10-24-14(8-13(15)21)17(22)20-7-3-4-11(9-20)25-16-12(18)5-2-6-19-16/h2,5-6,8,10-11H,3-4,7,9H2,1H3/t11-/m0/s1. The maximum absolute atomic E-state index is 13.7. The van der Waals surface area contributed by atoms with Gasteiger partial charge >= 0.3 is 0 Å². The molecule has 0 bridgehead atoms. The molecule has 0 unspecified atom stereocenters. The summed E-state index contributed by atoms with van der Waals surface area (Å²) < 4.78 is 29.2. The van der Waals surface area contributed by atoms with E-state index in [4.69, 9.17) is 13.9 Å². The number of carbonyl (C=O) groups excluding carboxylic acids is 1. The largest absolute Gasteiger partial charge is 0.490 e. The number of halogens is 1. The molecule has 1 aliphatic rings. The molecule has 2 aromatic heterocycles. The van der Waals surface area contributed by atoms with E-state index in [1.54, 1.807) is 0 Å². The van der Waals surface area contributed by atoms with Gasteiger partial charge in [0.1, 0.15) is 12.4 Å². The molecule has 1 aliphatic heterocycles. The lowest BCUT2D eigenvalue weighted by Crippen LogP contribution is -2.44. The van der Waals surface area contributed by atoms with E-state index in [1.807, 2.05) is 0 Å². The highest BCUT2D eigenvalue weighted by atomic mass is 19.1. The molecular weight excluding hydrogens is 331 g/mol. The number of piperidine rings is 1. The molecule has 7 nitrogen and oxygen atoms in total. The highest BCUT2D eigenvalue weighted by molar-refractivity contribution is 5.91. The number of carbonyl (C=O) groups is 1. The number of ether oxygens (including phenoxy) is 2. The fraction of sp³-hybridized carbons (Fsp3) is 0.353. The van der Waals surface area contributed by atoms with Crippen molar-refractivity contribution in [3.05, 3.63) is 52.5 Å². The van der Waals surface area contributed by atoms with E-state index in [1.165, 1.54) is 30.3 Å². The molecule has 8 heteroatoms. The third-order valence-electron chi connectivity index (χ3n) is 3.90. The van der Waals surface area contributed by atoms with E-state index in [-0.39, 0.29) is 30.0 Å². The summed E-state index contributed by atoms with van der Waals surface area (Å²) >= 11 is 0. The first-order valence-electron chi connectivity index (χ1n) is 7.81. The molecule has 132 valence electrons. The van der Waals surface area contributed by atoms with E-state index in [0.29, 0.717) is 19.4 Å². The minimum Gasteiger partial charge on any atom is -0.490 e. The Balaban J connectivity index is 1.70. The number of aromatic nitrogens is 1. The summed E-state index contributed by atoms with van der Waals surface area (Å²) in [5.41, 5.74) is -0.433. The van der Waals surface area contributed by atoms with Crippen molar-refractivity contribution < 1.29 is 23.1 Å². The van der Waals surface area contributed by atoms with Gasteiger partial charge in [-0.15, -0.1) is 0 Å². The SMILES string of the molecule is COc1coc(C(=O)N2CCC[C@H](Oc3ncccc3F)C2)cc1=O. The number of likely N-dealkylation sites (tertiary alicyclic amines) is 1. The van der Waals surface area contributed by atoms with Gasteiger partial charge < -0.3 is 18.8 Å². The average molecular weight is 348 g/mol. The van der Waals surface area contributed by atoms with Crippen molar-refractivity contribution in [3.63, 3.8) is 0 Å². The summed E-state index contributed by atoms with van der Waals surface area (Å²) in [6, 6.07) is 3.84. The van der Waals surface area contributed by atoms with Crippen molar-refractivity contribution in [1.82, 2.24) is 9.88 Å². The fourth-order valence-electron chi connectivity index (χ4n) is 2.65. The Morgan fingerprint density at radius 2 is 2.32 bits per heavy atom. The molecule has 25 heavy (non-hydrogen) atoms. The molecule has 0 spiro atoms. The molecule has 1 amide bonds. The number of pyridine rings is 1. The number of amides is 1. The van der Waals surface area contributed by atoms with Crippen LogP contribution in [0.25, 0.3) is 0 Å². The lowest BCUT2D eigenvalue weighted by atomic mass is 10.1. The minimum absolute atomic E-state index is 0.0297. The van der Waals surface area contributed by atoms with Gasteiger partial charge in [-0.3, -0.25) is 9.59 Å². The minimum atomic E-state index is -0.549. The number of rotatable bonds is 4. The number of hydrogen-bond acceptors (Lipinski definition) is 6. The number of nitrogens with zero attached hydrogens (tertiary/aromatic N) is 2. The van der Waals surface area contributed by atoms with Gasteiger partial charge in [-0.05, 0) is 25.0 Å². The van der Waals surface area contributed by atoms with Crippen LogP contribution < -0.4 is 14.9 Å². The summed E-state index contributed by atoms with van der Waals surface area (Å²) in [6.45, 7) is 0.754. The molecule has 3 heterocycles. The quantitative estimate of drug-likeness (QED) is 0.839. The summed E-state index contributed by atoms with van der Waals surface area (Å²) in [5, 5.41) is 0. The topological polar surface area (TPSA) is 81.9 Å². The van der Waals surface area contributed by atoms with Crippen molar-refractivity contribution in [2.45, 2.75) is 18.9 Å². The first kappa shape index (κ1) is 16.9. The van der Waals surface area contributed by atoms with Gasteiger partial charge in [-0.2, -0.15) is 0 Å². The summed E-state index contributed by atoms with van der Waals surface area (Å²) in [7, 11) is 1.34. The number of hydrogen-bond donors (Lipinski definition) is 0. The molecule has 1 saturated heterocycles. The molecule has 1 atom stereocenters. The maximum atomic E-state index is 13.7. The summed E-state index contributed by atoms with van der Waals surface area (Å²) in [6.07, 6.45) is 3.52. The Bertz CT molecular complexity index is 823. The Morgan fingerprint density at radius 1 is 1.48 bits per heavy atom. The van der Waals surface area contributed by atoms with Crippen molar-refractivity contribution in [2.24, 2.45) is 0 Å². The zero-order valence-corrected chi connectivity index (χ0v) is 13.6. The van der Waals surface area contributed by atoms with E-state index in [9.17, 15) is 14.0 Å². The van der Waals surface area contributed by atoms with E-state index in [2.05, 4.69) is 4.98 Å². The average Bonchev–Trinajstić information content (AvgIpc) is 2.63. The predicted octanol–water partition coefficient (Wildman–Crippen LogP) is 1.87. The van der Waals surface area contributed by atoms with Crippen LogP contribution in [-0.2, 0) is 0 Å². The maximum Gasteiger partial charge on any atom is 0.289 e. The van der Waals surface area contributed by atoms with Crippen LogP contribution in [0.2, 0.25) is 0 Å². The third kappa shape index (κ3) is 3.78. The smallest absolute Gasteiger partial charge is 0.289 e. The Kier molecular flexibility index (Phi) is 4.97. The zero-order chi connectivity index (χ0) is 17.8. The van der Waals surface area contributed by atoms with Gasteiger partial charge in [0.25, 0.3) is 11.8 Å². The Labute approximate surface area is 143 Å². The van der Waals surface area contributed by atoms with E-state index < -0.39 is 17.2 Å². The molecule has 0 aromatic carbocycles. The van der Waals surface area contributed by atoms with Crippen LogP contribution in [0.15, 0.2) is 39.9 Å². The van der Waals surface area contributed by atoms with Gasteiger partial charge in [0.05, 0.1) is 13.7 Å². The van der Waals surface area contributed by atoms with Crippen LogP contribution >= 0.6 is 0 Å². The molecule has 0 aliphatic carbocycles. The van der Waals surface area contributed by atoms with E-state index in [0.717, 1.165) is 12.3 Å². The van der Waals surface area contributed by atoms with Crippen molar-refractivity contribution >= 4 is 5.91 Å². The van der Waals surface area contributed by atoms with Gasteiger partial charge in [0, 0.05) is 18.8 Å². The first-order chi connectivity index (χ1) is 12.1. The molecule has 2 aromatic rings. The van der Waals surface area contributed by atoms with Crippen LogP contribution in [-0.4, -0.2) is 42.1 Å². The van der Waals surface area contributed by atoms with Gasteiger partial charge in [0.2, 0.25) is 11.2 Å². The normalized spacial score (nSPS) is 17.2. The second kappa shape index (κ2) is 7.33. The van der Waals surface area contributed by atoms with Crippen molar-refractivity contribution in [1.29, 1.82) is 0 Å². The van der Waals surface area contributed by atoms with Crippen molar-refractivity contribution in [3.8, 4) is 11.6 Å². The van der Waals surface area contributed by atoms with Crippen LogP contribution in [0.4, 0.5) is 4.39 Å². The van der Waals surface area contributed by atoms with Crippen LogP contribution in [0.3, 0.4) is 0 Å². The highest BCUT2D eigenvalue weighted by Gasteiger charge is 2.28. The third-order valence-corrected chi connectivity index (χ3v) is 3.90. The molecule has 0 saturated carbocycles. The monoisotopic (exact) mass is 348 g/mol. The van der Waals surface area contributed by atoms with Crippen LogP contribution in [0.5, 0.6) is 11.6 Å². The summed E-state index contributed by atoms with van der Waals surface area (Å²) in [4.78, 5) is 29.7.